The van der Waals surface area contributed by atoms with Crippen LogP contribution in [0.2, 0.25) is 5.02 Å². The molecule has 0 aliphatic heterocycles. The van der Waals surface area contributed by atoms with Crippen molar-refractivity contribution in [3.8, 4) is 0 Å². The number of carboxylic acid groups (broad SMARTS) is 1. The lowest BCUT2D eigenvalue weighted by Gasteiger charge is -2.03. The molecule has 1 aromatic carbocycles. The average Bonchev–Trinajstić information content (AvgIpc) is 2.15. The number of aliphatic carboxylic acids is 1. The quantitative estimate of drug-likeness (QED) is 0.828. The fraction of sp³-hybridized carbons (Fsp3) is 0.182. The van der Waals surface area contributed by atoms with E-state index in [2.05, 4.69) is 0 Å². The molecule has 0 fully saturated rings. The number of allylic oxidation sites excluding steroid dienone is 1. The lowest BCUT2D eigenvalue weighted by atomic mass is 10.0. The molecule has 1 rings (SSSR count). The average molecular weight is 247 g/mol. The van der Waals surface area contributed by atoms with Gasteiger partial charge in [-0.15, -0.1) is 12.4 Å². The van der Waals surface area contributed by atoms with Gasteiger partial charge in [0.2, 0.25) is 0 Å². The highest BCUT2D eigenvalue weighted by Crippen LogP contribution is 2.19. The Balaban J connectivity index is 0.00000196. The maximum atomic E-state index is 10.5. The molecule has 0 saturated heterocycles. The summed E-state index contributed by atoms with van der Waals surface area (Å²) in [6, 6.07) is 7.14. The SMILES string of the molecule is CCC(=CC(=O)O)c1ccc(Cl)cc1.Cl. The fourth-order valence-electron chi connectivity index (χ4n) is 1.20. The summed E-state index contributed by atoms with van der Waals surface area (Å²) in [5, 5.41) is 9.28. The standard InChI is InChI=1S/C11H11ClO2.ClH/c1-2-8(7-11(13)14)9-3-5-10(12)6-4-9;/h3-7H,2H2,1H3,(H,13,14);1H. The van der Waals surface area contributed by atoms with Crippen molar-refractivity contribution in [2.75, 3.05) is 0 Å². The van der Waals surface area contributed by atoms with Gasteiger partial charge < -0.3 is 5.11 Å². The van der Waals surface area contributed by atoms with Crippen LogP contribution < -0.4 is 0 Å². The van der Waals surface area contributed by atoms with Crippen molar-refractivity contribution in [3.63, 3.8) is 0 Å². The zero-order chi connectivity index (χ0) is 10.6. The summed E-state index contributed by atoms with van der Waals surface area (Å²) >= 11 is 5.73. The van der Waals surface area contributed by atoms with E-state index in [9.17, 15) is 4.79 Å². The molecule has 2 nitrogen and oxygen atoms in total. The van der Waals surface area contributed by atoms with E-state index in [0.29, 0.717) is 11.4 Å². The molecule has 0 amide bonds. The molecule has 0 bridgehead atoms. The lowest BCUT2D eigenvalue weighted by Crippen LogP contribution is -1.91. The summed E-state index contributed by atoms with van der Waals surface area (Å²) in [6.45, 7) is 1.92. The van der Waals surface area contributed by atoms with Crippen molar-refractivity contribution < 1.29 is 9.90 Å². The Hall–Kier alpha value is -0.990. The second kappa shape index (κ2) is 6.49. The first-order chi connectivity index (χ1) is 6.63. The van der Waals surface area contributed by atoms with E-state index in [0.717, 1.165) is 11.1 Å². The van der Waals surface area contributed by atoms with Crippen LogP contribution in [0.4, 0.5) is 0 Å². The highest BCUT2D eigenvalue weighted by molar-refractivity contribution is 6.30. The Morgan fingerprint density at radius 2 is 1.93 bits per heavy atom. The Labute approximate surface area is 100.0 Å². The van der Waals surface area contributed by atoms with Crippen molar-refractivity contribution >= 4 is 35.6 Å². The van der Waals surface area contributed by atoms with Crippen molar-refractivity contribution in [2.45, 2.75) is 13.3 Å². The summed E-state index contributed by atoms with van der Waals surface area (Å²) in [7, 11) is 0. The largest absolute Gasteiger partial charge is 0.478 e. The molecule has 0 aliphatic carbocycles. The fourth-order valence-corrected chi connectivity index (χ4v) is 1.33. The van der Waals surface area contributed by atoms with Crippen LogP contribution in [0.3, 0.4) is 0 Å². The van der Waals surface area contributed by atoms with Gasteiger partial charge in [-0.1, -0.05) is 30.7 Å². The van der Waals surface area contributed by atoms with Gasteiger partial charge in [0.1, 0.15) is 0 Å². The third-order valence-electron chi connectivity index (χ3n) is 1.89. The molecular weight excluding hydrogens is 235 g/mol. The summed E-state index contributed by atoms with van der Waals surface area (Å²) in [5.74, 6) is -0.920. The minimum absolute atomic E-state index is 0. The number of hydrogen-bond acceptors (Lipinski definition) is 1. The normalized spacial score (nSPS) is 10.7. The third-order valence-corrected chi connectivity index (χ3v) is 2.15. The number of carboxylic acids is 1. The number of halogens is 2. The highest BCUT2D eigenvalue weighted by atomic mass is 35.5. The van der Waals surface area contributed by atoms with Crippen LogP contribution in [-0.4, -0.2) is 11.1 Å². The molecule has 0 aliphatic rings. The highest BCUT2D eigenvalue weighted by Gasteiger charge is 2.01. The minimum Gasteiger partial charge on any atom is -0.478 e. The monoisotopic (exact) mass is 246 g/mol. The van der Waals surface area contributed by atoms with Crippen LogP contribution in [0, 0.1) is 0 Å². The van der Waals surface area contributed by atoms with Crippen LogP contribution in [0.15, 0.2) is 30.3 Å². The molecule has 1 N–H and O–H groups in total. The zero-order valence-electron chi connectivity index (χ0n) is 8.24. The molecule has 0 radical (unpaired) electrons. The zero-order valence-corrected chi connectivity index (χ0v) is 9.81. The van der Waals surface area contributed by atoms with Gasteiger partial charge in [0.15, 0.2) is 0 Å². The van der Waals surface area contributed by atoms with Gasteiger partial charge in [-0.3, -0.25) is 0 Å². The van der Waals surface area contributed by atoms with Gasteiger partial charge >= 0.3 is 5.97 Å². The van der Waals surface area contributed by atoms with E-state index in [1.165, 1.54) is 6.08 Å². The van der Waals surface area contributed by atoms with Gasteiger partial charge in [0.05, 0.1) is 0 Å². The summed E-state index contributed by atoms with van der Waals surface area (Å²) < 4.78 is 0. The van der Waals surface area contributed by atoms with Crippen LogP contribution in [-0.2, 0) is 4.79 Å². The first kappa shape index (κ1) is 14.0. The molecule has 82 valence electrons. The number of carbonyl (C=O) groups is 1. The Morgan fingerprint density at radius 1 is 1.40 bits per heavy atom. The van der Waals surface area contributed by atoms with E-state index < -0.39 is 5.97 Å². The van der Waals surface area contributed by atoms with Crippen molar-refractivity contribution in [3.05, 3.63) is 40.9 Å². The summed E-state index contributed by atoms with van der Waals surface area (Å²) in [5.41, 5.74) is 1.70. The van der Waals surface area contributed by atoms with Gasteiger partial charge in [-0.25, -0.2) is 4.79 Å². The summed E-state index contributed by atoms with van der Waals surface area (Å²) in [6.07, 6.45) is 1.91. The van der Waals surface area contributed by atoms with E-state index in [-0.39, 0.29) is 12.4 Å². The first-order valence-corrected chi connectivity index (χ1v) is 4.70. The molecule has 0 aromatic heterocycles. The smallest absolute Gasteiger partial charge is 0.328 e. The summed E-state index contributed by atoms with van der Waals surface area (Å²) in [4.78, 5) is 10.5. The van der Waals surface area contributed by atoms with E-state index in [4.69, 9.17) is 16.7 Å². The lowest BCUT2D eigenvalue weighted by molar-refractivity contribution is -0.131. The van der Waals surface area contributed by atoms with E-state index in [1.807, 2.05) is 19.1 Å². The van der Waals surface area contributed by atoms with E-state index >= 15 is 0 Å². The van der Waals surface area contributed by atoms with Crippen LogP contribution in [0.5, 0.6) is 0 Å². The molecule has 0 unspecified atom stereocenters. The molecule has 4 heteroatoms. The van der Waals surface area contributed by atoms with Crippen LogP contribution in [0.25, 0.3) is 5.57 Å². The number of rotatable bonds is 3. The maximum Gasteiger partial charge on any atom is 0.328 e. The first-order valence-electron chi connectivity index (χ1n) is 4.33. The molecule has 0 heterocycles. The molecule has 15 heavy (non-hydrogen) atoms. The maximum absolute atomic E-state index is 10.5. The predicted molar refractivity (Wildman–Crippen MR) is 64.6 cm³/mol. The Morgan fingerprint density at radius 3 is 2.33 bits per heavy atom. The Bertz CT molecular complexity index is 355. The molecule has 0 saturated carbocycles. The topological polar surface area (TPSA) is 37.3 Å². The number of hydrogen-bond donors (Lipinski definition) is 1. The van der Waals surface area contributed by atoms with Crippen molar-refractivity contribution in [1.82, 2.24) is 0 Å². The number of benzene rings is 1. The van der Waals surface area contributed by atoms with Gasteiger partial charge in [-0.2, -0.15) is 0 Å². The van der Waals surface area contributed by atoms with Crippen LogP contribution in [0.1, 0.15) is 18.9 Å². The van der Waals surface area contributed by atoms with Crippen LogP contribution >= 0.6 is 24.0 Å². The predicted octanol–water partition coefficient (Wildman–Crippen LogP) is 3.64. The second-order valence-electron chi connectivity index (χ2n) is 2.87. The molecule has 1 aromatic rings. The van der Waals surface area contributed by atoms with Crippen molar-refractivity contribution in [1.29, 1.82) is 0 Å². The minimum atomic E-state index is -0.920. The molecular formula is C11H12Cl2O2. The second-order valence-corrected chi connectivity index (χ2v) is 3.30. The molecule has 0 atom stereocenters. The third kappa shape index (κ3) is 4.36. The van der Waals surface area contributed by atoms with Crippen molar-refractivity contribution in [2.24, 2.45) is 0 Å². The van der Waals surface area contributed by atoms with E-state index in [1.54, 1.807) is 12.1 Å². The Kier molecular flexibility index (Phi) is 6.06. The van der Waals surface area contributed by atoms with Gasteiger partial charge in [0.25, 0.3) is 0 Å². The molecule has 0 spiro atoms. The van der Waals surface area contributed by atoms with Gasteiger partial charge in [-0.05, 0) is 29.7 Å². The van der Waals surface area contributed by atoms with Gasteiger partial charge in [0, 0.05) is 11.1 Å².